The molecule has 0 heterocycles. The van der Waals surface area contributed by atoms with E-state index in [9.17, 15) is 18.4 Å². The summed E-state index contributed by atoms with van der Waals surface area (Å²) in [6.45, 7) is 1.38. The quantitative estimate of drug-likeness (QED) is 0.615. The van der Waals surface area contributed by atoms with Crippen LogP contribution in [0.1, 0.15) is 15.9 Å². The first-order chi connectivity index (χ1) is 7.41. The molecule has 0 spiro atoms. The molecule has 0 saturated carbocycles. The molecule has 0 saturated heterocycles. The number of urea groups is 1. The van der Waals surface area contributed by atoms with Crippen molar-refractivity contribution in [2.45, 2.75) is 6.92 Å². The number of amides is 3. The van der Waals surface area contributed by atoms with E-state index in [0.29, 0.717) is 6.07 Å². The van der Waals surface area contributed by atoms with Gasteiger partial charge in [0.2, 0.25) is 0 Å². The van der Waals surface area contributed by atoms with Gasteiger partial charge >= 0.3 is 6.03 Å². The van der Waals surface area contributed by atoms with E-state index in [1.165, 1.54) is 6.92 Å². The Hall–Kier alpha value is -2.18. The van der Waals surface area contributed by atoms with E-state index in [-0.39, 0.29) is 11.1 Å². The molecule has 1 rings (SSSR count). The van der Waals surface area contributed by atoms with Gasteiger partial charge in [0, 0.05) is 6.07 Å². The largest absolute Gasteiger partial charge is 0.350 e. The van der Waals surface area contributed by atoms with Crippen LogP contribution in [-0.4, -0.2) is 11.9 Å². The lowest BCUT2D eigenvalue weighted by atomic mass is 10.1. The molecule has 0 aliphatic carbocycles. The Morgan fingerprint density at radius 3 is 2.38 bits per heavy atom. The van der Waals surface area contributed by atoms with Gasteiger partial charge in [-0.25, -0.2) is 19.0 Å². The number of aryl methyl sites for hydroxylation is 1. The molecular weight excluding hydrogens is 220 g/mol. The van der Waals surface area contributed by atoms with Crippen LogP contribution in [0.3, 0.4) is 0 Å². The Morgan fingerprint density at radius 2 is 1.81 bits per heavy atom. The summed E-state index contributed by atoms with van der Waals surface area (Å²) in [6, 6.07) is 0.629. The standard InChI is InChI=1S/C9H9F2N3O2/c1-4-2-5(7(11)3-6(4)10)8(15)13-14-9(12)16/h2-3H,1H3,(H,13,15)(H3,12,14,16). The summed E-state index contributed by atoms with van der Waals surface area (Å²) in [4.78, 5) is 21.6. The van der Waals surface area contributed by atoms with Crippen LogP contribution in [0, 0.1) is 18.6 Å². The molecule has 0 aliphatic rings. The van der Waals surface area contributed by atoms with Crippen LogP contribution >= 0.6 is 0 Å². The average molecular weight is 229 g/mol. The Morgan fingerprint density at radius 1 is 1.19 bits per heavy atom. The Labute approximate surface area is 89.6 Å². The number of primary amides is 1. The predicted octanol–water partition coefficient (Wildman–Crippen LogP) is 0.586. The number of nitrogens with two attached hydrogens (primary N) is 1. The SMILES string of the molecule is Cc1cc(C(=O)NNC(N)=O)c(F)cc1F. The van der Waals surface area contributed by atoms with Gasteiger partial charge in [0.05, 0.1) is 5.56 Å². The summed E-state index contributed by atoms with van der Waals surface area (Å²) < 4.78 is 26.0. The zero-order valence-electron chi connectivity index (χ0n) is 8.30. The first kappa shape index (κ1) is 11.9. The first-order valence-electron chi connectivity index (χ1n) is 4.23. The highest BCUT2D eigenvalue weighted by Gasteiger charge is 2.14. The van der Waals surface area contributed by atoms with Crippen LogP contribution in [0.25, 0.3) is 0 Å². The molecule has 3 amide bonds. The van der Waals surface area contributed by atoms with Crippen LogP contribution < -0.4 is 16.6 Å². The number of carbonyl (C=O) groups excluding carboxylic acids is 2. The van der Waals surface area contributed by atoms with Crippen LogP contribution in [0.2, 0.25) is 0 Å². The zero-order chi connectivity index (χ0) is 12.3. The van der Waals surface area contributed by atoms with Gasteiger partial charge < -0.3 is 5.73 Å². The molecule has 86 valence electrons. The van der Waals surface area contributed by atoms with Gasteiger partial charge in [-0.05, 0) is 18.6 Å². The normalized spacial score (nSPS) is 9.69. The third kappa shape index (κ3) is 2.66. The van der Waals surface area contributed by atoms with Crippen LogP contribution in [0.5, 0.6) is 0 Å². The molecule has 0 unspecified atom stereocenters. The molecular formula is C9H9F2N3O2. The van der Waals surface area contributed by atoms with Crippen molar-refractivity contribution >= 4 is 11.9 Å². The van der Waals surface area contributed by atoms with E-state index in [1.807, 2.05) is 5.43 Å². The van der Waals surface area contributed by atoms with E-state index in [2.05, 4.69) is 0 Å². The Bertz CT molecular complexity index is 449. The maximum Gasteiger partial charge on any atom is 0.330 e. The molecule has 0 atom stereocenters. The fourth-order valence-corrected chi connectivity index (χ4v) is 1.02. The highest BCUT2D eigenvalue weighted by molar-refractivity contribution is 5.95. The predicted molar refractivity (Wildman–Crippen MR) is 51.3 cm³/mol. The Balaban J connectivity index is 2.91. The van der Waals surface area contributed by atoms with E-state index in [4.69, 9.17) is 5.73 Å². The minimum absolute atomic E-state index is 0.116. The van der Waals surface area contributed by atoms with Crippen LogP contribution in [0.4, 0.5) is 13.6 Å². The molecule has 1 aromatic carbocycles. The minimum atomic E-state index is -1.02. The molecule has 0 aliphatic heterocycles. The van der Waals surface area contributed by atoms with E-state index < -0.39 is 23.6 Å². The number of hydrogen-bond donors (Lipinski definition) is 3. The van der Waals surface area contributed by atoms with Crippen molar-refractivity contribution in [3.05, 3.63) is 34.9 Å². The second kappa shape index (κ2) is 4.56. The molecule has 1 aromatic rings. The first-order valence-corrected chi connectivity index (χ1v) is 4.23. The number of hydrazine groups is 1. The summed E-state index contributed by atoms with van der Waals surface area (Å²) in [5.41, 5.74) is 8.07. The third-order valence-corrected chi connectivity index (χ3v) is 1.79. The van der Waals surface area contributed by atoms with E-state index in [0.717, 1.165) is 6.07 Å². The highest BCUT2D eigenvalue weighted by atomic mass is 19.1. The van der Waals surface area contributed by atoms with Crippen LogP contribution in [0.15, 0.2) is 12.1 Å². The number of carbonyl (C=O) groups is 2. The Kier molecular flexibility index (Phi) is 3.39. The van der Waals surface area contributed by atoms with Gasteiger partial charge in [-0.1, -0.05) is 0 Å². The average Bonchev–Trinajstić information content (AvgIpc) is 2.20. The molecule has 0 fully saturated rings. The van der Waals surface area contributed by atoms with Crippen molar-refractivity contribution in [1.29, 1.82) is 0 Å². The van der Waals surface area contributed by atoms with Crippen molar-refractivity contribution in [2.75, 3.05) is 0 Å². The molecule has 16 heavy (non-hydrogen) atoms. The number of halogens is 2. The van der Waals surface area contributed by atoms with Crippen molar-refractivity contribution < 1.29 is 18.4 Å². The fourth-order valence-electron chi connectivity index (χ4n) is 1.02. The molecule has 0 bridgehead atoms. The van der Waals surface area contributed by atoms with Gasteiger partial charge in [-0.3, -0.25) is 10.2 Å². The number of rotatable bonds is 1. The summed E-state index contributed by atoms with van der Waals surface area (Å²) in [5, 5.41) is 0. The lowest BCUT2D eigenvalue weighted by Crippen LogP contribution is -2.44. The summed E-state index contributed by atoms with van der Waals surface area (Å²) in [7, 11) is 0. The topological polar surface area (TPSA) is 84.2 Å². The van der Waals surface area contributed by atoms with Crippen molar-refractivity contribution in [1.82, 2.24) is 10.9 Å². The molecule has 4 N–H and O–H groups in total. The second-order valence-corrected chi connectivity index (χ2v) is 3.02. The molecule has 0 aromatic heterocycles. The fraction of sp³-hybridized carbons (Fsp3) is 0.111. The zero-order valence-corrected chi connectivity index (χ0v) is 8.30. The van der Waals surface area contributed by atoms with Crippen molar-refractivity contribution in [3.8, 4) is 0 Å². The lowest BCUT2D eigenvalue weighted by molar-refractivity contribution is 0.0933. The molecule has 7 heteroatoms. The van der Waals surface area contributed by atoms with Gasteiger partial charge in [-0.15, -0.1) is 0 Å². The third-order valence-electron chi connectivity index (χ3n) is 1.79. The summed E-state index contributed by atoms with van der Waals surface area (Å²) in [6.07, 6.45) is 0. The smallest absolute Gasteiger partial charge is 0.330 e. The number of hydrogen-bond acceptors (Lipinski definition) is 2. The van der Waals surface area contributed by atoms with Gasteiger partial charge in [-0.2, -0.15) is 0 Å². The maximum atomic E-state index is 13.2. The lowest BCUT2D eigenvalue weighted by Gasteiger charge is -2.07. The van der Waals surface area contributed by atoms with E-state index in [1.54, 1.807) is 5.43 Å². The van der Waals surface area contributed by atoms with Gasteiger partial charge in [0.1, 0.15) is 11.6 Å². The monoisotopic (exact) mass is 229 g/mol. The summed E-state index contributed by atoms with van der Waals surface area (Å²) >= 11 is 0. The summed E-state index contributed by atoms with van der Waals surface area (Å²) in [5.74, 6) is -2.69. The molecule has 0 radical (unpaired) electrons. The van der Waals surface area contributed by atoms with Gasteiger partial charge in [0.25, 0.3) is 5.91 Å². The van der Waals surface area contributed by atoms with Gasteiger partial charge in [0.15, 0.2) is 0 Å². The number of nitrogens with one attached hydrogen (secondary N) is 2. The van der Waals surface area contributed by atoms with Crippen molar-refractivity contribution in [2.24, 2.45) is 5.73 Å². The minimum Gasteiger partial charge on any atom is -0.350 e. The van der Waals surface area contributed by atoms with Crippen molar-refractivity contribution in [3.63, 3.8) is 0 Å². The molecule has 5 nitrogen and oxygen atoms in total. The second-order valence-electron chi connectivity index (χ2n) is 3.02. The van der Waals surface area contributed by atoms with Crippen LogP contribution in [-0.2, 0) is 0 Å². The maximum absolute atomic E-state index is 13.2. The highest BCUT2D eigenvalue weighted by Crippen LogP contribution is 2.13. The van der Waals surface area contributed by atoms with E-state index >= 15 is 0 Å². The number of benzene rings is 1.